The first kappa shape index (κ1) is 25.4. The third-order valence-electron chi connectivity index (χ3n) is 7.19. The van der Waals surface area contributed by atoms with Crippen molar-refractivity contribution in [2.75, 3.05) is 0 Å². The smallest absolute Gasteiger partial charge is 0.127 e. The van der Waals surface area contributed by atoms with Crippen LogP contribution in [0.25, 0.3) is 0 Å². The minimum atomic E-state index is -0.451. The maximum atomic E-state index is 6.09. The van der Waals surface area contributed by atoms with E-state index in [4.69, 9.17) is 9.47 Å². The molecule has 38 heavy (non-hydrogen) atoms. The monoisotopic (exact) mass is 472 g/mol. The highest BCUT2D eigenvalue weighted by molar-refractivity contribution is 7.61. The van der Waals surface area contributed by atoms with Gasteiger partial charge in [0.05, 0.1) is 28.7 Å². The summed E-state index contributed by atoms with van der Waals surface area (Å²) in [7, 11) is 22.0. The fraction of sp³-hybridized carbons (Fsp3) is 0.0769. The molecule has 0 atom stereocenters. The molecule has 6 rings (SSSR count). The van der Waals surface area contributed by atoms with Crippen LogP contribution in [0.3, 0.4) is 0 Å². The Hall–Kier alpha value is -2.87. The Morgan fingerprint density at radius 1 is 0.342 bits per heavy atom. The van der Waals surface area contributed by atoms with Crippen molar-refractivity contribution in [3.8, 4) is 23.0 Å². The van der Waals surface area contributed by atoms with E-state index in [-0.39, 0.29) is 0 Å². The zero-order valence-corrected chi connectivity index (χ0v) is 21.0. The highest BCUT2D eigenvalue weighted by Gasteiger charge is 2.52. The zero-order chi connectivity index (χ0) is 25.7. The van der Waals surface area contributed by atoms with E-state index in [1.165, 1.54) is 11.1 Å². The molecule has 12 heteroatoms. The molecule has 2 nitrogen and oxygen atoms in total. The minimum absolute atomic E-state index is 0.451. The van der Waals surface area contributed by atoms with E-state index in [1.807, 2.05) is 60.7 Å². The predicted octanol–water partition coefficient (Wildman–Crippen LogP) is 2.67. The van der Waals surface area contributed by atoms with Crippen molar-refractivity contribution in [1.29, 1.82) is 0 Å². The van der Waals surface area contributed by atoms with Crippen LogP contribution >= 0.6 is 0 Å². The molecule has 2 saturated heterocycles. The van der Waals surface area contributed by atoms with Crippen LogP contribution in [-0.2, 0) is 10.4 Å². The van der Waals surface area contributed by atoms with E-state index in [1.54, 1.807) is 0 Å². The summed E-state index contributed by atoms with van der Waals surface area (Å²) in [5.74, 6) is 3.27. The van der Waals surface area contributed by atoms with Crippen molar-refractivity contribution in [3.63, 3.8) is 0 Å². The van der Waals surface area contributed by atoms with E-state index >= 15 is 0 Å². The molecule has 2 aliphatic rings. The number of ether oxygens (including phenoxy) is 2. The maximum Gasteiger partial charge on any atom is 0.127 e. The first-order valence-electron chi connectivity index (χ1n) is 12.9. The van der Waals surface area contributed by atoms with Gasteiger partial charge in [0.1, 0.15) is 23.0 Å². The topological polar surface area (TPSA) is 18.5 Å². The van der Waals surface area contributed by atoms with Gasteiger partial charge in [0.15, 0.2) is 0 Å². The highest BCUT2D eigenvalue weighted by atomic mass is 16.5. The second kappa shape index (κ2) is 11.5. The van der Waals surface area contributed by atoms with Gasteiger partial charge < -0.3 is 9.47 Å². The van der Waals surface area contributed by atoms with Crippen molar-refractivity contribution in [2.45, 2.75) is 10.4 Å². The van der Waals surface area contributed by atoms with Crippen molar-refractivity contribution in [1.82, 2.24) is 0 Å². The van der Waals surface area contributed by atoms with Crippen LogP contribution in [-0.4, -0.2) is 71.0 Å². The third kappa shape index (κ3) is 5.07. The number of benzene rings is 4. The van der Waals surface area contributed by atoms with Crippen LogP contribution in [0.5, 0.6) is 23.0 Å². The van der Waals surface area contributed by atoms with Crippen molar-refractivity contribution < 1.29 is 9.47 Å². The van der Waals surface area contributed by atoms with Crippen LogP contribution in [0.1, 0.15) is 11.1 Å². The molecule has 0 amide bonds. The molecule has 4 aromatic carbocycles. The molecule has 164 valence electrons. The molecule has 0 aromatic heterocycles. The summed E-state index contributed by atoms with van der Waals surface area (Å²) in [6, 6.07) is 36.6. The quantitative estimate of drug-likeness (QED) is 0.404. The average molecular weight is 471 g/mol. The summed E-state index contributed by atoms with van der Waals surface area (Å²) in [5.41, 5.74) is 2.35. The molecule has 2 fully saturated rings. The Bertz CT molecular complexity index is 1210. The lowest BCUT2D eigenvalue weighted by atomic mass is 8.96. The molecule has 0 saturated carbocycles. The van der Waals surface area contributed by atoms with E-state index in [0.29, 0.717) is 0 Å². The summed E-state index contributed by atoms with van der Waals surface area (Å²) < 4.78 is 12.2. The van der Waals surface area contributed by atoms with E-state index in [9.17, 15) is 0 Å². The Balaban J connectivity index is 1.36. The predicted molar refractivity (Wildman–Crippen MR) is 167 cm³/mol. The zero-order valence-electron chi connectivity index (χ0n) is 21.0. The standard InChI is InChI=1S/C26H18B10O2/c1-3-7-21(8-4-1)37-23-15-11-19(12-16-23)25-26(29-33-35-31-27-25,30-34-36-32-28-25)20-13-17-24(18-14-20)38-22-9-5-2-6-10-22/h1-18H. The summed E-state index contributed by atoms with van der Waals surface area (Å²) in [5, 5.41) is -0.903. The Labute approximate surface area is 233 Å². The Kier molecular flexibility index (Phi) is 7.67. The summed E-state index contributed by atoms with van der Waals surface area (Å²) in [6.07, 6.45) is 0. The van der Waals surface area contributed by atoms with Gasteiger partial charge in [-0.2, -0.15) is 0 Å². The first-order valence-corrected chi connectivity index (χ1v) is 12.9. The number of hydrogen-bond acceptors (Lipinski definition) is 2. The molecule has 0 unspecified atom stereocenters. The van der Waals surface area contributed by atoms with E-state index in [0.717, 1.165) is 23.0 Å². The Morgan fingerprint density at radius 3 is 1.00 bits per heavy atom. The molecule has 0 aliphatic carbocycles. The van der Waals surface area contributed by atoms with Crippen molar-refractivity contribution in [2.24, 2.45) is 0 Å². The van der Waals surface area contributed by atoms with Crippen LogP contribution in [0, 0.1) is 0 Å². The maximum absolute atomic E-state index is 6.09. The van der Waals surface area contributed by atoms with Gasteiger partial charge in [0.2, 0.25) is 0 Å². The van der Waals surface area contributed by atoms with Gasteiger partial charge in [-0.3, -0.25) is 0 Å². The molecule has 0 spiro atoms. The third-order valence-corrected chi connectivity index (χ3v) is 7.19. The molecule has 0 bridgehead atoms. The van der Waals surface area contributed by atoms with Gasteiger partial charge in [-0.1, -0.05) is 82.2 Å². The van der Waals surface area contributed by atoms with Gasteiger partial charge in [-0.05, 0) is 48.5 Å². The molecule has 2 heterocycles. The summed E-state index contributed by atoms with van der Waals surface area (Å²) in [6.45, 7) is 0. The lowest BCUT2D eigenvalue weighted by Crippen LogP contribution is -2.64. The largest absolute Gasteiger partial charge is 0.457 e. The second-order valence-corrected chi connectivity index (χ2v) is 9.44. The van der Waals surface area contributed by atoms with E-state index < -0.39 is 10.4 Å². The van der Waals surface area contributed by atoms with Gasteiger partial charge in [0, 0.05) is 42.4 Å². The van der Waals surface area contributed by atoms with Gasteiger partial charge in [-0.25, -0.2) is 0 Å². The molecular weight excluding hydrogens is 452 g/mol. The first-order chi connectivity index (χ1) is 18.8. The second-order valence-electron chi connectivity index (χ2n) is 9.44. The molecule has 4 aromatic rings. The summed E-state index contributed by atoms with van der Waals surface area (Å²) in [4.78, 5) is 0. The lowest BCUT2D eigenvalue weighted by molar-refractivity contribution is 0.481. The van der Waals surface area contributed by atoms with Crippen molar-refractivity contribution >= 4 is 71.0 Å². The fourth-order valence-corrected chi connectivity index (χ4v) is 5.33. The minimum Gasteiger partial charge on any atom is -0.457 e. The molecular formula is C26H18B10O2. The number of rotatable bonds is 6. The number of hydrogen-bond donors (Lipinski definition) is 0. The molecule has 2 aliphatic heterocycles. The summed E-state index contributed by atoms with van der Waals surface area (Å²) >= 11 is 0. The SMILES string of the molecule is [B]1[B][B]C2(c3ccc(Oc4ccccc4)cc3)[B][B][B][B][B]C2(c2ccc(Oc3ccccc3)cc2)[B][B]1. The molecule has 0 N–H and O–H groups in total. The van der Waals surface area contributed by atoms with Gasteiger partial charge in [0.25, 0.3) is 0 Å². The number of fused-ring (bicyclic) bond motifs is 1. The van der Waals surface area contributed by atoms with Crippen molar-refractivity contribution in [3.05, 3.63) is 120 Å². The highest BCUT2D eigenvalue weighted by Crippen LogP contribution is 2.44. The van der Waals surface area contributed by atoms with Gasteiger partial charge >= 0.3 is 0 Å². The fourth-order valence-electron chi connectivity index (χ4n) is 5.33. The van der Waals surface area contributed by atoms with Gasteiger partial charge in [-0.15, -0.1) is 0 Å². The normalized spacial score (nSPS) is 21.4. The molecule has 10 radical (unpaired) electrons. The van der Waals surface area contributed by atoms with Crippen LogP contribution in [0.15, 0.2) is 109 Å². The Morgan fingerprint density at radius 2 is 0.658 bits per heavy atom. The van der Waals surface area contributed by atoms with Crippen LogP contribution in [0.4, 0.5) is 0 Å². The van der Waals surface area contributed by atoms with E-state index in [2.05, 4.69) is 120 Å². The number of para-hydroxylation sites is 2. The average Bonchev–Trinajstić information content (AvgIpc) is 3.27. The van der Waals surface area contributed by atoms with Crippen LogP contribution in [0.2, 0.25) is 0 Å². The lowest BCUT2D eigenvalue weighted by Gasteiger charge is -2.53. The van der Waals surface area contributed by atoms with Crippen LogP contribution < -0.4 is 9.47 Å².